The minimum atomic E-state index is -0.449. The zero-order valence-electron chi connectivity index (χ0n) is 14.3. The highest BCUT2D eigenvalue weighted by Gasteiger charge is 2.26. The molecule has 2 aromatic heterocycles. The molecule has 8 nitrogen and oxygen atoms in total. The molecule has 138 valence electrons. The fraction of sp³-hybridized carbons (Fsp3) is 0.222. The Morgan fingerprint density at radius 3 is 3.04 bits per heavy atom. The highest BCUT2D eigenvalue weighted by molar-refractivity contribution is 5.95. The van der Waals surface area contributed by atoms with Gasteiger partial charge in [0.1, 0.15) is 17.3 Å². The third-order valence-corrected chi connectivity index (χ3v) is 4.57. The van der Waals surface area contributed by atoms with E-state index in [1.807, 2.05) is 0 Å². The third-order valence-electron chi connectivity index (χ3n) is 4.57. The molecule has 1 amide bonds. The van der Waals surface area contributed by atoms with Crippen molar-refractivity contribution in [2.75, 3.05) is 18.4 Å². The average molecular weight is 368 g/mol. The molecular formula is C18H17FN6O2. The van der Waals surface area contributed by atoms with Gasteiger partial charge in [-0.15, -0.1) is 0 Å². The minimum Gasteiger partial charge on any atom is -0.365 e. The minimum absolute atomic E-state index is 0.0716. The summed E-state index contributed by atoms with van der Waals surface area (Å²) in [7, 11) is 0. The van der Waals surface area contributed by atoms with E-state index in [0.29, 0.717) is 41.8 Å². The highest BCUT2D eigenvalue weighted by atomic mass is 19.1. The maximum Gasteiger partial charge on any atom is 0.340 e. The first-order chi connectivity index (χ1) is 13.0. The Hall–Kier alpha value is -3.49. The number of carbonyl (C=O) groups is 1. The van der Waals surface area contributed by atoms with Crippen LogP contribution < -0.4 is 11.0 Å². The number of carbonyl (C=O) groups excluding carboxylic acids is 1. The molecule has 1 aromatic carbocycles. The first kappa shape index (κ1) is 17.0. The van der Waals surface area contributed by atoms with E-state index >= 15 is 0 Å². The van der Waals surface area contributed by atoms with Crippen molar-refractivity contribution in [1.29, 1.82) is 0 Å². The number of nitrogens with zero attached hydrogens (tertiary/aromatic N) is 3. The van der Waals surface area contributed by atoms with Crippen LogP contribution in [0.4, 0.5) is 10.2 Å². The number of nitrogens with one attached hydrogen (secondary N) is 3. The van der Waals surface area contributed by atoms with Gasteiger partial charge in [0.25, 0.3) is 0 Å². The molecule has 1 saturated heterocycles. The van der Waals surface area contributed by atoms with Crippen molar-refractivity contribution in [1.82, 2.24) is 25.1 Å². The molecule has 1 atom stereocenters. The van der Waals surface area contributed by atoms with Crippen LogP contribution in [0.3, 0.4) is 0 Å². The number of aromatic amines is 2. The standard InChI is InChI=1S/C18H17FN6O2/c1-2-14(26)25-7-6-11(9-25)20-17-15-10(4-3-5-12(15)19)8-13(21-17)16-22-18(27)24-23-16/h2-5,8,11H,1,6-7,9H2,(H,20,21)(H2,22,23,24,27). The van der Waals surface area contributed by atoms with Gasteiger partial charge in [-0.2, -0.15) is 5.10 Å². The quantitative estimate of drug-likeness (QED) is 0.607. The second-order valence-electron chi connectivity index (χ2n) is 6.34. The van der Waals surface area contributed by atoms with Gasteiger partial charge < -0.3 is 10.2 Å². The van der Waals surface area contributed by atoms with E-state index in [4.69, 9.17) is 0 Å². The van der Waals surface area contributed by atoms with Crippen molar-refractivity contribution in [3.05, 3.63) is 53.2 Å². The van der Waals surface area contributed by atoms with Crippen LogP contribution in [0.25, 0.3) is 22.3 Å². The van der Waals surface area contributed by atoms with Gasteiger partial charge in [0.15, 0.2) is 5.82 Å². The Labute approximate surface area is 153 Å². The molecule has 1 fully saturated rings. The summed E-state index contributed by atoms with van der Waals surface area (Å²) < 4.78 is 14.5. The number of halogens is 1. The van der Waals surface area contributed by atoms with Crippen LogP contribution in [0.1, 0.15) is 6.42 Å². The zero-order valence-corrected chi connectivity index (χ0v) is 14.3. The van der Waals surface area contributed by atoms with E-state index in [2.05, 4.69) is 32.1 Å². The number of rotatable bonds is 4. The molecule has 0 spiro atoms. The number of amides is 1. The van der Waals surface area contributed by atoms with Gasteiger partial charge in [-0.3, -0.25) is 9.78 Å². The molecule has 9 heteroatoms. The van der Waals surface area contributed by atoms with Crippen molar-refractivity contribution in [3.63, 3.8) is 0 Å². The monoisotopic (exact) mass is 368 g/mol. The second kappa shape index (κ2) is 6.67. The van der Waals surface area contributed by atoms with Crippen LogP contribution in [0.15, 0.2) is 41.7 Å². The van der Waals surface area contributed by atoms with E-state index in [1.54, 1.807) is 23.1 Å². The van der Waals surface area contributed by atoms with Crippen LogP contribution in [0.5, 0.6) is 0 Å². The molecule has 3 N–H and O–H groups in total. The Kier molecular flexibility index (Phi) is 4.19. The topological polar surface area (TPSA) is 107 Å². The molecule has 0 saturated carbocycles. The summed E-state index contributed by atoms with van der Waals surface area (Å²) in [5.74, 6) is 0.0826. The summed E-state index contributed by atoms with van der Waals surface area (Å²) in [4.78, 5) is 31.8. The zero-order chi connectivity index (χ0) is 19.0. The lowest BCUT2D eigenvalue weighted by molar-refractivity contribution is -0.125. The highest BCUT2D eigenvalue weighted by Crippen LogP contribution is 2.29. The van der Waals surface area contributed by atoms with Gasteiger partial charge in [-0.1, -0.05) is 18.7 Å². The fourth-order valence-electron chi connectivity index (χ4n) is 3.28. The molecule has 1 unspecified atom stereocenters. The third kappa shape index (κ3) is 3.19. The molecule has 4 rings (SSSR count). The Morgan fingerprint density at radius 1 is 1.44 bits per heavy atom. The van der Waals surface area contributed by atoms with E-state index in [9.17, 15) is 14.0 Å². The Balaban J connectivity index is 1.73. The van der Waals surface area contributed by atoms with Crippen LogP contribution in [-0.2, 0) is 4.79 Å². The lowest BCUT2D eigenvalue weighted by Gasteiger charge is -2.17. The molecule has 1 aliphatic rings. The largest absolute Gasteiger partial charge is 0.365 e. The van der Waals surface area contributed by atoms with E-state index < -0.39 is 11.5 Å². The van der Waals surface area contributed by atoms with Crippen molar-refractivity contribution in [3.8, 4) is 11.5 Å². The van der Waals surface area contributed by atoms with Gasteiger partial charge in [-0.05, 0) is 30.0 Å². The molecule has 0 bridgehead atoms. The number of fused-ring (bicyclic) bond motifs is 1. The molecule has 27 heavy (non-hydrogen) atoms. The van der Waals surface area contributed by atoms with Crippen LogP contribution >= 0.6 is 0 Å². The number of hydrogen-bond donors (Lipinski definition) is 3. The predicted octanol–water partition coefficient (Wildman–Crippen LogP) is 1.65. The van der Waals surface area contributed by atoms with Crippen molar-refractivity contribution in [2.45, 2.75) is 12.5 Å². The maximum absolute atomic E-state index is 14.5. The number of pyridine rings is 1. The number of likely N-dealkylation sites (tertiary alicyclic amines) is 1. The number of benzene rings is 1. The normalized spacial score (nSPS) is 16.6. The van der Waals surface area contributed by atoms with Crippen LogP contribution in [0.2, 0.25) is 0 Å². The van der Waals surface area contributed by atoms with Crippen molar-refractivity contribution < 1.29 is 9.18 Å². The maximum atomic E-state index is 14.5. The van der Waals surface area contributed by atoms with Gasteiger partial charge in [0.2, 0.25) is 5.91 Å². The number of H-pyrrole nitrogens is 2. The average Bonchev–Trinajstić information content (AvgIpc) is 3.30. The van der Waals surface area contributed by atoms with E-state index in [1.165, 1.54) is 12.1 Å². The first-order valence-electron chi connectivity index (χ1n) is 8.47. The number of anilines is 1. The molecular weight excluding hydrogens is 351 g/mol. The van der Waals surface area contributed by atoms with Gasteiger partial charge in [-0.25, -0.2) is 19.3 Å². The van der Waals surface area contributed by atoms with Gasteiger partial charge in [0, 0.05) is 19.1 Å². The summed E-state index contributed by atoms with van der Waals surface area (Å²) in [6.45, 7) is 4.57. The van der Waals surface area contributed by atoms with Gasteiger partial charge >= 0.3 is 5.69 Å². The molecule has 3 heterocycles. The summed E-state index contributed by atoms with van der Waals surface area (Å²) in [6.07, 6.45) is 1.99. The lowest BCUT2D eigenvalue weighted by atomic mass is 10.1. The van der Waals surface area contributed by atoms with Crippen molar-refractivity contribution >= 4 is 22.5 Å². The summed E-state index contributed by atoms with van der Waals surface area (Å²) in [6, 6.07) is 6.34. The van der Waals surface area contributed by atoms with E-state index in [0.717, 1.165) is 0 Å². The Morgan fingerprint density at radius 2 is 2.30 bits per heavy atom. The molecule has 0 aliphatic carbocycles. The molecule has 1 aliphatic heterocycles. The number of hydrogen-bond acceptors (Lipinski definition) is 5. The van der Waals surface area contributed by atoms with E-state index in [-0.39, 0.29) is 17.8 Å². The summed E-state index contributed by atoms with van der Waals surface area (Å²) >= 11 is 0. The summed E-state index contributed by atoms with van der Waals surface area (Å²) in [5.41, 5.74) is -0.0407. The van der Waals surface area contributed by atoms with Crippen LogP contribution in [0, 0.1) is 5.82 Å². The van der Waals surface area contributed by atoms with Crippen molar-refractivity contribution in [2.24, 2.45) is 0 Å². The SMILES string of the molecule is C=CC(=O)N1CCC(Nc2nc(-c3n[nH]c(=O)[nH]3)cc3cccc(F)c23)C1. The van der Waals surface area contributed by atoms with Gasteiger partial charge in [0.05, 0.1) is 5.39 Å². The smallest absolute Gasteiger partial charge is 0.340 e. The summed E-state index contributed by atoms with van der Waals surface area (Å²) in [5, 5.41) is 10.4. The predicted molar refractivity (Wildman–Crippen MR) is 98.7 cm³/mol. The number of aromatic nitrogens is 4. The molecule has 3 aromatic rings. The lowest BCUT2D eigenvalue weighted by Crippen LogP contribution is -2.30. The Bertz CT molecular complexity index is 1090. The molecule has 0 radical (unpaired) electrons. The fourth-order valence-corrected chi connectivity index (χ4v) is 3.28. The first-order valence-corrected chi connectivity index (χ1v) is 8.47. The van der Waals surface area contributed by atoms with Crippen LogP contribution in [-0.4, -0.2) is 50.1 Å². The second-order valence-corrected chi connectivity index (χ2v) is 6.34.